The number of hydrogen-bond donors (Lipinski definition) is 1. The van der Waals surface area contributed by atoms with Crippen LogP contribution in [-0.2, 0) is 6.54 Å². The minimum atomic E-state index is 0.693. The van der Waals surface area contributed by atoms with Crippen molar-refractivity contribution >= 4 is 17.4 Å². The molecule has 16 heavy (non-hydrogen) atoms. The largest absolute Gasteiger partial charge is 0.365 e. The number of aryl methyl sites for hydroxylation is 1. The van der Waals surface area contributed by atoms with Gasteiger partial charge in [-0.3, -0.25) is 0 Å². The predicted molar refractivity (Wildman–Crippen MR) is 65.5 cm³/mol. The van der Waals surface area contributed by atoms with Crippen LogP contribution in [0.2, 0.25) is 5.02 Å². The fraction of sp³-hybridized carbons (Fsp3) is 0.167. The molecule has 0 amide bonds. The molecule has 2 aromatic rings. The quantitative estimate of drug-likeness (QED) is 0.886. The molecule has 0 saturated heterocycles. The average molecular weight is 234 g/mol. The Morgan fingerprint density at radius 2 is 2.06 bits per heavy atom. The molecule has 0 aliphatic heterocycles. The minimum absolute atomic E-state index is 0.693. The van der Waals surface area contributed by atoms with Crippen LogP contribution in [0.1, 0.15) is 11.3 Å². The first kappa shape index (κ1) is 10.9. The van der Waals surface area contributed by atoms with Crippen LogP contribution in [0.4, 0.5) is 5.82 Å². The van der Waals surface area contributed by atoms with Gasteiger partial charge in [0.25, 0.3) is 0 Å². The molecule has 0 bridgehead atoms. The maximum Gasteiger partial charge on any atom is 0.148 e. The molecule has 82 valence electrons. The average Bonchev–Trinajstić information content (AvgIpc) is 2.28. The Kier molecular flexibility index (Phi) is 3.37. The van der Waals surface area contributed by atoms with E-state index in [1.54, 1.807) is 0 Å². The molecule has 0 spiro atoms. The van der Waals surface area contributed by atoms with Crippen molar-refractivity contribution in [1.29, 1.82) is 0 Å². The lowest BCUT2D eigenvalue weighted by molar-refractivity contribution is 0.963. The Labute approximate surface area is 99.5 Å². The molecular weight excluding hydrogens is 222 g/mol. The zero-order valence-electron chi connectivity index (χ0n) is 8.94. The summed E-state index contributed by atoms with van der Waals surface area (Å²) in [5.74, 6) is 0.769. The van der Waals surface area contributed by atoms with E-state index in [2.05, 4.69) is 15.5 Å². The zero-order chi connectivity index (χ0) is 11.4. The Balaban J connectivity index is 1.99. The summed E-state index contributed by atoms with van der Waals surface area (Å²) in [6.07, 6.45) is 0. The van der Waals surface area contributed by atoms with Crippen molar-refractivity contribution in [1.82, 2.24) is 10.2 Å². The summed E-state index contributed by atoms with van der Waals surface area (Å²) < 4.78 is 0. The summed E-state index contributed by atoms with van der Waals surface area (Å²) in [6.45, 7) is 2.60. The van der Waals surface area contributed by atoms with Crippen LogP contribution in [0.25, 0.3) is 0 Å². The Bertz CT molecular complexity index is 468. The molecule has 1 heterocycles. The molecule has 2 rings (SSSR count). The lowest BCUT2D eigenvalue weighted by Crippen LogP contribution is -2.02. The van der Waals surface area contributed by atoms with Gasteiger partial charge in [0.1, 0.15) is 5.82 Å². The third-order valence-corrected chi connectivity index (χ3v) is 2.40. The fourth-order valence-electron chi connectivity index (χ4n) is 1.33. The number of rotatable bonds is 3. The normalized spacial score (nSPS) is 10.1. The van der Waals surface area contributed by atoms with E-state index in [0.29, 0.717) is 6.54 Å². The summed E-state index contributed by atoms with van der Waals surface area (Å²) in [6, 6.07) is 11.6. The lowest BCUT2D eigenvalue weighted by Gasteiger charge is -2.05. The van der Waals surface area contributed by atoms with Gasteiger partial charge in [0.15, 0.2) is 0 Å². The number of aromatic nitrogens is 2. The number of nitrogens with zero attached hydrogens (tertiary/aromatic N) is 2. The molecule has 3 nitrogen and oxygen atoms in total. The fourth-order valence-corrected chi connectivity index (χ4v) is 1.55. The highest BCUT2D eigenvalue weighted by atomic mass is 35.5. The number of halogens is 1. The topological polar surface area (TPSA) is 37.8 Å². The van der Waals surface area contributed by atoms with Crippen molar-refractivity contribution < 1.29 is 0 Å². The first-order valence-corrected chi connectivity index (χ1v) is 5.40. The van der Waals surface area contributed by atoms with Crippen LogP contribution in [0.3, 0.4) is 0 Å². The second-order valence-corrected chi connectivity index (χ2v) is 3.98. The van der Waals surface area contributed by atoms with E-state index >= 15 is 0 Å². The highest BCUT2D eigenvalue weighted by Crippen LogP contribution is 2.12. The molecule has 0 unspecified atom stereocenters. The van der Waals surface area contributed by atoms with Gasteiger partial charge in [0.05, 0.1) is 5.69 Å². The van der Waals surface area contributed by atoms with Gasteiger partial charge < -0.3 is 5.32 Å². The molecule has 0 aliphatic rings. The van der Waals surface area contributed by atoms with Crippen LogP contribution < -0.4 is 5.32 Å². The van der Waals surface area contributed by atoms with Crippen molar-refractivity contribution in [3.8, 4) is 0 Å². The van der Waals surface area contributed by atoms with Crippen molar-refractivity contribution in [2.45, 2.75) is 13.5 Å². The van der Waals surface area contributed by atoms with Crippen LogP contribution in [-0.4, -0.2) is 10.2 Å². The highest BCUT2D eigenvalue weighted by Gasteiger charge is 1.96. The minimum Gasteiger partial charge on any atom is -0.365 e. The molecule has 0 fully saturated rings. The maximum absolute atomic E-state index is 5.89. The van der Waals surface area contributed by atoms with E-state index in [4.69, 9.17) is 11.6 Å². The van der Waals surface area contributed by atoms with Crippen molar-refractivity contribution in [2.75, 3.05) is 5.32 Å². The lowest BCUT2D eigenvalue weighted by atomic mass is 10.2. The summed E-state index contributed by atoms with van der Waals surface area (Å²) >= 11 is 5.89. The Morgan fingerprint density at radius 1 is 1.19 bits per heavy atom. The van der Waals surface area contributed by atoms with Gasteiger partial charge in [0.2, 0.25) is 0 Å². The van der Waals surface area contributed by atoms with Crippen molar-refractivity contribution in [3.05, 3.63) is 52.7 Å². The van der Waals surface area contributed by atoms with Gasteiger partial charge >= 0.3 is 0 Å². The van der Waals surface area contributed by atoms with E-state index in [1.165, 1.54) is 0 Å². The summed E-state index contributed by atoms with van der Waals surface area (Å²) in [4.78, 5) is 0. The SMILES string of the molecule is Cc1ccc(NCc2cccc(Cl)c2)nn1. The van der Waals surface area contributed by atoms with E-state index in [0.717, 1.165) is 22.1 Å². The first-order valence-electron chi connectivity index (χ1n) is 5.03. The van der Waals surface area contributed by atoms with Crippen LogP contribution in [0.5, 0.6) is 0 Å². The molecule has 1 aromatic heterocycles. The molecule has 0 aliphatic carbocycles. The number of benzene rings is 1. The van der Waals surface area contributed by atoms with Crippen LogP contribution >= 0.6 is 11.6 Å². The number of anilines is 1. The first-order chi connectivity index (χ1) is 7.74. The third kappa shape index (κ3) is 2.94. The van der Waals surface area contributed by atoms with Gasteiger partial charge in [-0.15, -0.1) is 5.10 Å². The molecule has 0 radical (unpaired) electrons. The van der Waals surface area contributed by atoms with Gasteiger partial charge in [0, 0.05) is 11.6 Å². The second-order valence-electron chi connectivity index (χ2n) is 3.54. The Morgan fingerprint density at radius 3 is 2.75 bits per heavy atom. The van der Waals surface area contributed by atoms with Crippen molar-refractivity contribution in [2.24, 2.45) is 0 Å². The van der Waals surface area contributed by atoms with Crippen molar-refractivity contribution in [3.63, 3.8) is 0 Å². The smallest absolute Gasteiger partial charge is 0.148 e. The summed E-state index contributed by atoms with van der Waals surface area (Å²) in [5, 5.41) is 11.9. The second kappa shape index (κ2) is 4.94. The number of hydrogen-bond acceptors (Lipinski definition) is 3. The van der Waals surface area contributed by atoms with E-state index in [9.17, 15) is 0 Å². The van der Waals surface area contributed by atoms with E-state index < -0.39 is 0 Å². The van der Waals surface area contributed by atoms with Gasteiger partial charge in [-0.25, -0.2) is 0 Å². The molecule has 1 N–H and O–H groups in total. The third-order valence-electron chi connectivity index (χ3n) is 2.16. The number of nitrogens with one attached hydrogen (secondary N) is 1. The predicted octanol–water partition coefficient (Wildman–Crippen LogP) is 3.05. The van der Waals surface area contributed by atoms with E-state index in [-0.39, 0.29) is 0 Å². The van der Waals surface area contributed by atoms with Crippen LogP contribution in [0.15, 0.2) is 36.4 Å². The molecule has 1 aromatic carbocycles. The van der Waals surface area contributed by atoms with Gasteiger partial charge in [-0.05, 0) is 36.8 Å². The molecular formula is C12H12ClN3. The Hall–Kier alpha value is -1.61. The highest BCUT2D eigenvalue weighted by molar-refractivity contribution is 6.30. The molecule has 0 saturated carbocycles. The van der Waals surface area contributed by atoms with Crippen LogP contribution in [0, 0.1) is 6.92 Å². The monoisotopic (exact) mass is 233 g/mol. The van der Waals surface area contributed by atoms with E-state index in [1.807, 2.05) is 43.3 Å². The summed E-state index contributed by atoms with van der Waals surface area (Å²) in [7, 11) is 0. The standard InChI is InChI=1S/C12H12ClN3/c1-9-5-6-12(16-15-9)14-8-10-3-2-4-11(13)7-10/h2-7H,8H2,1H3,(H,14,16). The van der Waals surface area contributed by atoms with Gasteiger partial charge in [-0.2, -0.15) is 5.10 Å². The van der Waals surface area contributed by atoms with Gasteiger partial charge in [-0.1, -0.05) is 23.7 Å². The summed E-state index contributed by atoms with van der Waals surface area (Å²) in [5.41, 5.74) is 2.03. The molecule has 4 heteroatoms. The zero-order valence-corrected chi connectivity index (χ0v) is 9.70. The maximum atomic E-state index is 5.89. The molecule has 0 atom stereocenters.